The minimum Gasteiger partial charge on any atom is -0.337 e. The molecule has 0 N–H and O–H groups in total. The number of hydrogen-bond acceptors (Lipinski definition) is 4. The van der Waals surface area contributed by atoms with Gasteiger partial charge in [0.15, 0.2) is 0 Å². The topological polar surface area (TPSA) is 63.9 Å². The van der Waals surface area contributed by atoms with Crippen molar-refractivity contribution in [3.63, 3.8) is 0 Å². The smallest absolute Gasteiger partial charge is 0.272 e. The van der Waals surface area contributed by atoms with E-state index in [0.717, 1.165) is 43.6 Å². The van der Waals surface area contributed by atoms with Crippen LogP contribution >= 0.6 is 0 Å². The fraction of sp³-hybridized carbons (Fsp3) is 0.300. The summed E-state index contributed by atoms with van der Waals surface area (Å²) in [5.41, 5.74) is 2.61. The van der Waals surface area contributed by atoms with E-state index in [1.807, 2.05) is 52.0 Å². The number of carbonyl (C=O) groups excluding carboxylic acids is 1. The van der Waals surface area contributed by atoms with Crippen molar-refractivity contribution in [1.29, 1.82) is 0 Å². The predicted octanol–water partition coefficient (Wildman–Crippen LogP) is 2.89. The zero-order valence-corrected chi connectivity index (χ0v) is 14.5. The van der Waals surface area contributed by atoms with Gasteiger partial charge in [0, 0.05) is 25.8 Å². The van der Waals surface area contributed by atoms with Gasteiger partial charge in [-0.05, 0) is 42.0 Å². The van der Waals surface area contributed by atoms with E-state index < -0.39 is 0 Å². The van der Waals surface area contributed by atoms with Gasteiger partial charge in [0.2, 0.25) is 0 Å². The first kappa shape index (κ1) is 16.4. The van der Waals surface area contributed by atoms with E-state index in [4.69, 9.17) is 0 Å². The minimum absolute atomic E-state index is 0.00562. The highest BCUT2D eigenvalue weighted by Crippen LogP contribution is 2.22. The van der Waals surface area contributed by atoms with Gasteiger partial charge in [0.05, 0.1) is 0 Å². The Labute approximate surface area is 152 Å². The van der Waals surface area contributed by atoms with Crippen LogP contribution in [0.2, 0.25) is 0 Å². The summed E-state index contributed by atoms with van der Waals surface area (Å²) < 4.78 is 1.84. The van der Waals surface area contributed by atoms with Crippen LogP contribution in [0.5, 0.6) is 0 Å². The van der Waals surface area contributed by atoms with Crippen LogP contribution in [0.4, 0.5) is 0 Å². The molecule has 1 fully saturated rings. The van der Waals surface area contributed by atoms with E-state index in [1.165, 1.54) is 0 Å². The fourth-order valence-corrected chi connectivity index (χ4v) is 3.51. The molecule has 1 aliphatic heterocycles. The van der Waals surface area contributed by atoms with Crippen LogP contribution in [0.25, 0.3) is 11.1 Å². The molecule has 4 rings (SSSR count). The summed E-state index contributed by atoms with van der Waals surface area (Å²) >= 11 is 0. The first-order valence-electron chi connectivity index (χ1n) is 8.93. The number of amides is 1. The number of rotatable bonds is 4. The Hall–Kier alpha value is -3.02. The maximum atomic E-state index is 13.0. The summed E-state index contributed by atoms with van der Waals surface area (Å²) in [6, 6.07) is 13.9. The Morgan fingerprint density at radius 1 is 1.15 bits per heavy atom. The van der Waals surface area contributed by atoms with Crippen LogP contribution < -0.4 is 0 Å². The molecule has 132 valence electrons. The van der Waals surface area contributed by atoms with Crippen molar-refractivity contribution in [2.45, 2.75) is 19.4 Å². The first-order chi connectivity index (χ1) is 12.8. The molecular formula is C20H21N5O. The summed E-state index contributed by atoms with van der Waals surface area (Å²) in [5.74, 6) is 0.401. The molecule has 1 saturated heterocycles. The van der Waals surface area contributed by atoms with E-state index in [9.17, 15) is 4.79 Å². The second kappa shape index (κ2) is 7.47. The number of carbonyl (C=O) groups is 1. The van der Waals surface area contributed by atoms with Crippen molar-refractivity contribution in [1.82, 2.24) is 24.6 Å². The van der Waals surface area contributed by atoms with Crippen LogP contribution in [0.3, 0.4) is 0 Å². The second-order valence-electron chi connectivity index (χ2n) is 6.67. The molecule has 26 heavy (non-hydrogen) atoms. The van der Waals surface area contributed by atoms with Crippen LogP contribution in [-0.2, 0) is 6.54 Å². The summed E-state index contributed by atoms with van der Waals surface area (Å²) in [7, 11) is 0. The van der Waals surface area contributed by atoms with Crippen LogP contribution in [0.15, 0.2) is 61.3 Å². The van der Waals surface area contributed by atoms with Gasteiger partial charge >= 0.3 is 0 Å². The summed E-state index contributed by atoms with van der Waals surface area (Å²) in [4.78, 5) is 23.2. The summed E-state index contributed by atoms with van der Waals surface area (Å²) in [5, 5.41) is 4.17. The van der Waals surface area contributed by atoms with Gasteiger partial charge in [-0.2, -0.15) is 5.10 Å². The third-order valence-corrected chi connectivity index (χ3v) is 4.80. The van der Waals surface area contributed by atoms with Crippen LogP contribution in [0.1, 0.15) is 23.3 Å². The molecule has 2 aromatic heterocycles. The first-order valence-corrected chi connectivity index (χ1v) is 8.93. The van der Waals surface area contributed by atoms with E-state index in [-0.39, 0.29) is 5.91 Å². The lowest BCUT2D eigenvalue weighted by molar-refractivity contribution is 0.0654. The van der Waals surface area contributed by atoms with Crippen molar-refractivity contribution < 1.29 is 4.79 Å². The standard InChI is InChI=1S/C20H21N5O/c26-20(19-11-18(8-9-22-19)17-6-2-1-3-7-17)24-10-4-5-16(12-24)13-25-15-21-14-23-25/h1-3,6-9,11,14-16H,4-5,10,12-13H2. The third-order valence-electron chi connectivity index (χ3n) is 4.80. The Kier molecular flexibility index (Phi) is 4.73. The molecule has 1 atom stereocenters. The molecule has 1 amide bonds. The number of pyridine rings is 1. The van der Waals surface area contributed by atoms with E-state index in [1.54, 1.807) is 18.9 Å². The third kappa shape index (κ3) is 3.64. The number of benzene rings is 1. The zero-order valence-electron chi connectivity index (χ0n) is 14.5. The molecule has 6 heteroatoms. The molecule has 0 saturated carbocycles. The van der Waals surface area contributed by atoms with Crippen molar-refractivity contribution in [2.75, 3.05) is 13.1 Å². The zero-order chi connectivity index (χ0) is 17.8. The van der Waals surface area contributed by atoms with Crippen molar-refractivity contribution >= 4 is 5.91 Å². The lowest BCUT2D eigenvalue weighted by Crippen LogP contribution is -2.41. The van der Waals surface area contributed by atoms with Gasteiger partial charge in [0.25, 0.3) is 5.91 Å². The van der Waals surface area contributed by atoms with Gasteiger partial charge in [-0.3, -0.25) is 14.5 Å². The number of hydrogen-bond donors (Lipinski definition) is 0. The van der Waals surface area contributed by atoms with Gasteiger partial charge in [-0.15, -0.1) is 0 Å². The average Bonchev–Trinajstić information content (AvgIpc) is 3.21. The molecule has 0 bridgehead atoms. The highest BCUT2D eigenvalue weighted by molar-refractivity contribution is 5.93. The molecule has 6 nitrogen and oxygen atoms in total. The Balaban J connectivity index is 1.48. The normalized spacial score (nSPS) is 17.2. The highest BCUT2D eigenvalue weighted by Gasteiger charge is 2.25. The maximum absolute atomic E-state index is 13.0. The van der Waals surface area contributed by atoms with Crippen LogP contribution in [0, 0.1) is 5.92 Å². The highest BCUT2D eigenvalue weighted by atomic mass is 16.2. The predicted molar refractivity (Wildman–Crippen MR) is 98.3 cm³/mol. The fourth-order valence-electron chi connectivity index (χ4n) is 3.51. The molecule has 3 heterocycles. The lowest BCUT2D eigenvalue weighted by Gasteiger charge is -2.32. The summed E-state index contributed by atoms with van der Waals surface area (Å²) in [6.07, 6.45) is 7.09. The quantitative estimate of drug-likeness (QED) is 0.728. The average molecular weight is 347 g/mol. The Bertz CT molecular complexity index is 863. The number of piperidine rings is 1. The molecule has 0 radical (unpaired) electrons. The van der Waals surface area contributed by atoms with Crippen molar-refractivity contribution in [3.05, 3.63) is 67.0 Å². The number of nitrogens with zero attached hydrogens (tertiary/aromatic N) is 5. The van der Waals surface area contributed by atoms with Gasteiger partial charge in [-0.25, -0.2) is 4.98 Å². The number of aromatic nitrogens is 4. The molecular weight excluding hydrogens is 326 g/mol. The van der Waals surface area contributed by atoms with Gasteiger partial charge in [-0.1, -0.05) is 30.3 Å². The lowest BCUT2D eigenvalue weighted by atomic mass is 9.97. The molecule has 3 aromatic rings. The molecule has 1 aliphatic rings. The second-order valence-corrected chi connectivity index (χ2v) is 6.67. The van der Waals surface area contributed by atoms with E-state index in [0.29, 0.717) is 11.6 Å². The molecule has 1 aromatic carbocycles. The summed E-state index contributed by atoms with van der Waals surface area (Å²) in [6.45, 7) is 2.31. The number of likely N-dealkylation sites (tertiary alicyclic amines) is 1. The van der Waals surface area contributed by atoms with Crippen molar-refractivity contribution in [2.24, 2.45) is 5.92 Å². The molecule has 0 spiro atoms. The Morgan fingerprint density at radius 3 is 2.85 bits per heavy atom. The SMILES string of the molecule is O=C(c1cc(-c2ccccc2)ccn1)N1CCCC(Cn2cncn2)C1. The maximum Gasteiger partial charge on any atom is 0.272 e. The molecule has 0 aliphatic carbocycles. The minimum atomic E-state index is 0.00562. The van der Waals surface area contributed by atoms with E-state index >= 15 is 0 Å². The monoisotopic (exact) mass is 347 g/mol. The Morgan fingerprint density at radius 2 is 2.04 bits per heavy atom. The largest absolute Gasteiger partial charge is 0.337 e. The van der Waals surface area contributed by atoms with E-state index in [2.05, 4.69) is 15.1 Å². The van der Waals surface area contributed by atoms with Crippen LogP contribution in [-0.4, -0.2) is 43.6 Å². The van der Waals surface area contributed by atoms with Crippen molar-refractivity contribution in [3.8, 4) is 11.1 Å². The van der Waals surface area contributed by atoms with Gasteiger partial charge in [0.1, 0.15) is 18.3 Å². The molecule has 1 unspecified atom stereocenters. The van der Waals surface area contributed by atoms with Gasteiger partial charge < -0.3 is 4.90 Å².